The summed E-state index contributed by atoms with van der Waals surface area (Å²) in [5, 5.41) is 11.6. The maximum atomic E-state index is 12.6. The molecule has 0 saturated heterocycles. The molecule has 0 atom stereocenters. The van der Waals surface area contributed by atoms with E-state index in [4.69, 9.17) is 0 Å². The minimum absolute atomic E-state index is 0.0849. The van der Waals surface area contributed by atoms with Crippen molar-refractivity contribution in [2.75, 3.05) is 5.32 Å². The number of nitrogens with one attached hydrogen (secondary N) is 1. The Balaban J connectivity index is 1.15. The molecular weight excluding hydrogens is 398 g/mol. The molecule has 32 heavy (non-hydrogen) atoms. The molecule has 6 nitrogen and oxygen atoms in total. The van der Waals surface area contributed by atoms with Crippen LogP contribution in [0.4, 0.5) is 10.5 Å². The van der Waals surface area contributed by atoms with Crippen LogP contribution >= 0.6 is 0 Å². The Morgan fingerprint density at radius 3 is 2.28 bits per heavy atom. The summed E-state index contributed by atoms with van der Waals surface area (Å²) in [5.41, 5.74) is 6.34. The summed E-state index contributed by atoms with van der Waals surface area (Å²) < 4.78 is 1.89. The minimum atomic E-state index is -0.0849. The van der Waals surface area contributed by atoms with E-state index in [0.717, 1.165) is 36.3 Å². The van der Waals surface area contributed by atoms with Gasteiger partial charge in [-0.05, 0) is 41.7 Å². The summed E-state index contributed by atoms with van der Waals surface area (Å²) in [6.45, 7) is 2.12. The molecule has 160 valence electrons. The van der Waals surface area contributed by atoms with Crippen molar-refractivity contribution in [3.8, 4) is 11.3 Å². The molecule has 3 aromatic carbocycles. The van der Waals surface area contributed by atoms with E-state index in [1.165, 1.54) is 16.7 Å². The minimum Gasteiger partial charge on any atom is -0.316 e. The summed E-state index contributed by atoms with van der Waals surface area (Å²) in [6.07, 6.45) is 4.00. The number of hydrogen-bond donors (Lipinski definition) is 1. The van der Waals surface area contributed by atoms with Gasteiger partial charge in [0.05, 0.1) is 6.20 Å². The van der Waals surface area contributed by atoms with Crippen molar-refractivity contribution in [3.05, 3.63) is 102 Å². The van der Waals surface area contributed by atoms with Crippen LogP contribution in [0, 0.1) is 0 Å². The van der Waals surface area contributed by atoms with Gasteiger partial charge in [0, 0.05) is 30.9 Å². The van der Waals surface area contributed by atoms with E-state index in [0.29, 0.717) is 13.1 Å². The third kappa shape index (κ3) is 4.54. The number of aryl methyl sites for hydroxylation is 2. The van der Waals surface area contributed by atoms with Crippen molar-refractivity contribution in [3.63, 3.8) is 0 Å². The fourth-order valence-electron chi connectivity index (χ4n) is 4.03. The molecule has 0 unspecified atom stereocenters. The van der Waals surface area contributed by atoms with Gasteiger partial charge >= 0.3 is 6.03 Å². The Labute approximate surface area is 187 Å². The molecule has 6 heteroatoms. The van der Waals surface area contributed by atoms with Gasteiger partial charge < -0.3 is 10.2 Å². The molecule has 1 aromatic heterocycles. The molecule has 1 N–H and O–H groups in total. The van der Waals surface area contributed by atoms with Crippen molar-refractivity contribution in [2.24, 2.45) is 0 Å². The monoisotopic (exact) mass is 423 g/mol. The SMILES string of the molecule is O=C(Nc1ccc(-c2cn(CCCc3ccccc3)nn2)cc1)N1Cc2ccccc2C1. The summed E-state index contributed by atoms with van der Waals surface area (Å²) in [6, 6.07) is 26.3. The van der Waals surface area contributed by atoms with E-state index in [2.05, 4.69) is 52.0 Å². The number of nitrogens with zero attached hydrogens (tertiary/aromatic N) is 4. The van der Waals surface area contributed by atoms with E-state index < -0.39 is 0 Å². The van der Waals surface area contributed by atoms with Gasteiger partial charge in [0.1, 0.15) is 5.69 Å². The number of anilines is 1. The average molecular weight is 424 g/mol. The highest BCUT2D eigenvalue weighted by atomic mass is 16.2. The molecule has 0 aliphatic carbocycles. The highest BCUT2D eigenvalue weighted by Crippen LogP contribution is 2.24. The smallest absolute Gasteiger partial charge is 0.316 e. The molecule has 1 aliphatic rings. The lowest BCUT2D eigenvalue weighted by Crippen LogP contribution is -2.30. The maximum absolute atomic E-state index is 12.6. The lowest BCUT2D eigenvalue weighted by atomic mass is 10.1. The summed E-state index contributed by atoms with van der Waals surface area (Å²) in [7, 11) is 0. The fourth-order valence-corrected chi connectivity index (χ4v) is 4.03. The Hall–Kier alpha value is -3.93. The average Bonchev–Trinajstić information content (AvgIpc) is 3.48. The third-order valence-corrected chi connectivity index (χ3v) is 5.79. The first-order valence-corrected chi connectivity index (χ1v) is 10.9. The first-order valence-electron chi connectivity index (χ1n) is 10.9. The Morgan fingerprint density at radius 1 is 0.875 bits per heavy atom. The van der Waals surface area contributed by atoms with Crippen LogP contribution in [0.5, 0.6) is 0 Å². The van der Waals surface area contributed by atoms with Crippen molar-refractivity contribution in [1.82, 2.24) is 19.9 Å². The Kier molecular flexibility index (Phi) is 5.66. The predicted octanol–water partition coefficient (Wildman–Crippen LogP) is 5.13. The van der Waals surface area contributed by atoms with E-state index in [1.54, 1.807) is 0 Å². The standard InChI is InChI=1S/C26H25N5O/c32-26(30-17-22-10-4-5-11-23(22)18-30)27-24-14-12-21(13-15-24)25-19-31(29-28-25)16-6-9-20-7-2-1-3-8-20/h1-5,7-8,10-15,19H,6,9,16-18H2,(H,27,32). The van der Waals surface area contributed by atoms with Gasteiger partial charge in [-0.2, -0.15) is 0 Å². The molecule has 2 heterocycles. The van der Waals surface area contributed by atoms with E-state index in [-0.39, 0.29) is 6.03 Å². The van der Waals surface area contributed by atoms with Crippen molar-refractivity contribution in [2.45, 2.75) is 32.5 Å². The number of aromatic nitrogens is 3. The Morgan fingerprint density at radius 2 is 1.56 bits per heavy atom. The molecule has 0 spiro atoms. The first-order chi connectivity index (χ1) is 15.7. The zero-order chi connectivity index (χ0) is 21.8. The number of fused-ring (bicyclic) bond motifs is 1. The third-order valence-electron chi connectivity index (χ3n) is 5.79. The van der Waals surface area contributed by atoms with Gasteiger partial charge in [-0.25, -0.2) is 4.79 Å². The van der Waals surface area contributed by atoms with Gasteiger partial charge in [0.25, 0.3) is 0 Å². The van der Waals surface area contributed by atoms with Crippen molar-refractivity contribution >= 4 is 11.7 Å². The molecule has 2 amide bonds. The predicted molar refractivity (Wildman–Crippen MR) is 125 cm³/mol. The number of urea groups is 1. The van der Waals surface area contributed by atoms with Crippen LogP contribution in [0.2, 0.25) is 0 Å². The second-order valence-corrected chi connectivity index (χ2v) is 8.09. The molecule has 0 saturated carbocycles. The fraction of sp³-hybridized carbons (Fsp3) is 0.192. The number of carbonyl (C=O) groups is 1. The second-order valence-electron chi connectivity index (χ2n) is 8.09. The molecule has 0 fully saturated rings. The van der Waals surface area contributed by atoms with Gasteiger partial charge in [0.15, 0.2) is 0 Å². The highest BCUT2D eigenvalue weighted by molar-refractivity contribution is 5.90. The van der Waals surface area contributed by atoms with E-state index in [9.17, 15) is 4.79 Å². The summed E-state index contributed by atoms with van der Waals surface area (Å²) >= 11 is 0. The summed E-state index contributed by atoms with van der Waals surface area (Å²) in [4.78, 5) is 14.5. The number of carbonyl (C=O) groups excluding carboxylic acids is 1. The Bertz CT molecular complexity index is 1180. The second kappa shape index (κ2) is 9.06. The number of amides is 2. The van der Waals surface area contributed by atoms with Crippen molar-refractivity contribution in [1.29, 1.82) is 0 Å². The lowest BCUT2D eigenvalue weighted by molar-refractivity contribution is 0.212. The largest absolute Gasteiger partial charge is 0.322 e. The first kappa shape index (κ1) is 20.0. The van der Waals surface area contributed by atoms with Crippen LogP contribution in [0.15, 0.2) is 85.1 Å². The summed E-state index contributed by atoms with van der Waals surface area (Å²) in [5.74, 6) is 0. The van der Waals surface area contributed by atoms with Crippen LogP contribution < -0.4 is 5.32 Å². The normalized spacial score (nSPS) is 12.6. The highest BCUT2D eigenvalue weighted by Gasteiger charge is 2.22. The molecule has 4 aromatic rings. The maximum Gasteiger partial charge on any atom is 0.322 e. The van der Waals surface area contributed by atoms with Gasteiger partial charge in [0.2, 0.25) is 0 Å². The van der Waals surface area contributed by atoms with E-state index >= 15 is 0 Å². The number of hydrogen-bond acceptors (Lipinski definition) is 3. The van der Waals surface area contributed by atoms with Crippen LogP contribution in [-0.4, -0.2) is 25.9 Å². The van der Waals surface area contributed by atoms with Crippen molar-refractivity contribution < 1.29 is 4.79 Å². The molecule has 1 aliphatic heterocycles. The quantitative estimate of drug-likeness (QED) is 0.468. The zero-order valence-electron chi connectivity index (χ0n) is 17.8. The van der Waals surface area contributed by atoms with Gasteiger partial charge in [-0.1, -0.05) is 71.9 Å². The van der Waals surface area contributed by atoms with Gasteiger partial charge in [-0.15, -0.1) is 5.10 Å². The molecular formula is C26H25N5O. The molecule has 5 rings (SSSR count). The topological polar surface area (TPSA) is 63.1 Å². The van der Waals surface area contributed by atoms with E-state index in [1.807, 2.05) is 58.2 Å². The van der Waals surface area contributed by atoms with Crippen LogP contribution in [0.3, 0.4) is 0 Å². The molecule has 0 radical (unpaired) electrons. The number of rotatable bonds is 6. The zero-order valence-corrected chi connectivity index (χ0v) is 17.8. The van der Waals surface area contributed by atoms with Gasteiger partial charge in [-0.3, -0.25) is 4.68 Å². The van der Waals surface area contributed by atoms with Crippen LogP contribution in [0.1, 0.15) is 23.1 Å². The van der Waals surface area contributed by atoms with Crippen LogP contribution in [0.25, 0.3) is 11.3 Å². The lowest BCUT2D eigenvalue weighted by Gasteiger charge is -2.16. The number of benzene rings is 3. The molecule has 0 bridgehead atoms. The van der Waals surface area contributed by atoms with Crippen LogP contribution in [-0.2, 0) is 26.1 Å².